The molecular formula is C22H42N3O+. The van der Waals surface area contributed by atoms with E-state index in [1.165, 1.54) is 51.4 Å². The van der Waals surface area contributed by atoms with Gasteiger partial charge in [0, 0.05) is 20.3 Å². The van der Waals surface area contributed by atoms with Gasteiger partial charge in [-0.3, -0.25) is 9.28 Å². The van der Waals surface area contributed by atoms with Crippen LogP contribution in [0.15, 0.2) is 24.6 Å². The zero-order chi connectivity index (χ0) is 19.3. The van der Waals surface area contributed by atoms with Gasteiger partial charge in [-0.1, -0.05) is 51.2 Å². The van der Waals surface area contributed by atoms with Crippen LogP contribution in [-0.2, 0) is 4.79 Å². The van der Waals surface area contributed by atoms with Gasteiger partial charge in [0.05, 0.1) is 12.7 Å². The van der Waals surface area contributed by atoms with Gasteiger partial charge in [0.15, 0.2) is 12.3 Å². The van der Waals surface area contributed by atoms with Gasteiger partial charge in [-0.15, -0.1) is 0 Å². The number of nitrogens with zero attached hydrogens (tertiary/aromatic N) is 1. The SMILES string of the molecule is CC/C=C/CCCCCCCCCC1NC=C[N+]1(CC)C(C)NC(C)=O. The molecule has 0 fully saturated rings. The molecule has 1 aliphatic rings. The summed E-state index contributed by atoms with van der Waals surface area (Å²) < 4.78 is 0.810. The zero-order valence-corrected chi connectivity index (χ0v) is 17.6. The van der Waals surface area contributed by atoms with Crippen molar-refractivity contribution in [3.63, 3.8) is 0 Å². The Kier molecular flexibility index (Phi) is 11.3. The standard InChI is InChI=1S/C22H41N3O/c1-5-7-8-9-10-11-12-13-14-15-16-17-22-23-18-19-25(22,6-2)20(3)24-21(4)26/h7-8,18-20,22-23H,5-6,9-17H2,1-4H3/p+1/b8-7+. The number of unbranched alkanes of at least 4 members (excludes halogenated alkanes) is 7. The molecule has 2 N–H and O–H groups in total. The molecule has 4 heteroatoms. The Labute approximate surface area is 161 Å². The van der Waals surface area contributed by atoms with Crippen molar-refractivity contribution in [2.24, 2.45) is 0 Å². The van der Waals surface area contributed by atoms with Crippen molar-refractivity contribution in [3.05, 3.63) is 24.6 Å². The quantitative estimate of drug-likeness (QED) is 0.253. The number of hydrogen-bond acceptors (Lipinski definition) is 2. The van der Waals surface area contributed by atoms with E-state index in [1.54, 1.807) is 6.92 Å². The maximum absolute atomic E-state index is 11.5. The summed E-state index contributed by atoms with van der Waals surface area (Å²) in [7, 11) is 0. The number of carbonyl (C=O) groups excluding carboxylic acids is 1. The summed E-state index contributed by atoms with van der Waals surface area (Å²) in [6.07, 6.45) is 22.3. The van der Waals surface area contributed by atoms with E-state index in [2.05, 4.69) is 56.0 Å². The molecule has 4 nitrogen and oxygen atoms in total. The van der Waals surface area contributed by atoms with E-state index >= 15 is 0 Å². The van der Waals surface area contributed by atoms with Crippen LogP contribution in [0, 0.1) is 0 Å². The van der Waals surface area contributed by atoms with E-state index < -0.39 is 0 Å². The molecule has 150 valence electrons. The summed E-state index contributed by atoms with van der Waals surface area (Å²) in [5.74, 6) is 0.0488. The normalized spacial score (nSPS) is 23.3. The highest BCUT2D eigenvalue weighted by Crippen LogP contribution is 2.26. The molecule has 1 aliphatic heterocycles. The van der Waals surface area contributed by atoms with Crippen LogP contribution in [0.3, 0.4) is 0 Å². The summed E-state index contributed by atoms with van der Waals surface area (Å²) in [5.41, 5.74) is 0. The molecule has 1 rings (SSSR count). The predicted molar refractivity (Wildman–Crippen MR) is 111 cm³/mol. The average molecular weight is 365 g/mol. The summed E-state index contributed by atoms with van der Waals surface area (Å²) in [5, 5.41) is 6.61. The fourth-order valence-corrected chi connectivity index (χ4v) is 4.04. The minimum Gasteiger partial charge on any atom is -0.338 e. The van der Waals surface area contributed by atoms with Crippen LogP contribution in [0.4, 0.5) is 0 Å². The molecule has 0 aromatic heterocycles. The summed E-state index contributed by atoms with van der Waals surface area (Å²) in [6, 6.07) is 0. The number of amides is 1. The van der Waals surface area contributed by atoms with E-state index in [0.717, 1.165) is 23.9 Å². The topological polar surface area (TPSA) is 41.1 Å². The Bertz CT molecular complexity index is 447. The first-order valence-corrected chi connectivity index (χ1v) is 10.8. The molecule has 0 saturated heterocycles. The van der Waals surface area contributed by atoms with Gasteiger partial charge in [0.2, 0.25) is 5.91 Å². The highest BCUT2D eigenvalue weighted by molar-refractivity contribution is 5.72. The van der Waals surface area contributed by atoms with E-state index in [-0.39, 0.29) is 12.1 Å². The summed E-state index contributed by atoms with van der Waals surface area (Å²) >= 11 is 0. The summed E-state index contributed by atoms with van der Waals surface area (Å²) in [4.78, 5) is 11.5. The van der Waals surface area contributed by atoms with Crippen LogP contribution in [0.1, 0.15) is 91.9 Å². The van der Waals surface area contributed by atoms with Crippen molar-refractivity contribution in [1.82, 2.24) is 10.6 Å². The van der Waals surface area contributed by atoms with Crippen LogP contribution in [-0.4, -0.2) is 29.3 Å². The molecule has 1 amide bonds. The highest BCUT2D eigenvalue weighted by atomic mass is 16.1. The zero-order valence-electron chi connectivity index (χ0n) is 17.6. The maximum atomic E-state index is 11.5. The lowest BCUT2D eigenvalue weighted by molar-refractivity contribution is -0.923. The predicted octanol–water partition coefficient (Wildman–Crippen LogP) is 5.18. The van der Waals surface area contributed by atoms with Crippen molar-refractivity contribution in [2.75, 3.05) is 6.54 Å². The third-order valence-corrected chi connectivity index (χ3v) is 5.65. The number of quaternary nitrogens is 1. The van der Waals surface area contributed by atoms with Gasteiger partial charge in [-0.25, -0.2) is 0 Å². The Balaban J connectivity index is 2.19. The minimum atomic E-state index is 0.0488. The maximum Gasteiger partial charge on any atom is 0.221 e. The van der Waals surface area contributed by atoms with Crippen molar-refractivity contribution in [3.8, 4) is 0 Å². The first-order valence-electron chi connectivity index (χ1n) is 10.8. The van der Waals surface area contributed by atoms with E-state index in [9.17, 15) is 4.79 Å². The Morgan fingerprint density at radius 1 is 1.12 bits per heavy atom. The molecule has 0 aromatic carbocycles. The first kappa shape index (κ1) is 22.8. The number of hydrogen-bond donors (Lipinski definition) is 2. The molecule has 0 aromatic rings. The van der Waals surface area contributed by atoms with Crippen LogP contribution < -0.4 is 10.6 Å². The molecule has 26 heavy (non-hydrogen) atoms. The Hall–Kier alpha value is -1.29. The minimum absolute atomic E-state index is 0.0488. The fourth-order valence-electron chi connectivity index (χ4n) is 4.04. The van der Waals surface area contributed by atoms with Crippen LogP contribution >= 0.6 is 0 Å². The van der Waals surface area contributed by atoms with Crippen LogP contribution in [0.2, 0.25) is 0 Å². The van der Waals surface area contributed by atoms with E-state index in [1.807, 2.05) is 0 Å². The second kappa shape index (κ2) is 13.0. The van der Waals surface area contributed by atoms with Gasteiger partial charge in [-0.2, -0.15) is 0 Å². The molecule has 0 radical (unpaired) electrons. The molecule has 0 bridgehead atoms. The molecule has 1 heterocycles. The number of nitrogens with one attached hydrogen (secondary N) is 2. The molecule has 3 atom stereocenters. The number of allylic oxidation sites excluding steroid dienone is 2. The van der Waals surface area contributed by atoms with Crippen molar-refractivity contribution in [2.45, 2.75) is 104 Å². The number of rotatable bonds is 14. The molecule has 3 unspecified atom stereocenters. The monoisotopic (exact) mass is 364 g/mol. The Morgan fingerprint density at radius 3 is 2.38 bits per heavy atom. The van der Waals surface area contributed by atoms with Gasteiger partial charge in [0.25, 0.3) is 0 Å². The van der Waals surface area contributed by atoms with E-state index in [4.69, 9.17) is 0 Å². The molecule has 0 aliphatic carbocycles. The number of carbonyl (C=O) groups is 1. The second-order valence-corrected chi connectivity index (χ2v) is 7.62. The van der Waals surface area contributed by atoms with Gasteiger partial charge < -0.3 is 10.6 Å². The van der Waals surface area contributed by atoms with Gasteiger partial charge in [0.1, 0.15) is 6.20 Å². The third-order valence-electron chi connectivity index (χ3n) is 5.65. The fraction of sp³-hybridized carbons (Fsp3) is 0.773. The van der Waals surface area contributed by atoms with Gasteiger partial charge >= 0.3 is 0 Å². The van der Waals surface area contributed by atoms with Gasteiger partial charge in [-0.05, 0) is 32.6 Å². The summed E-state index contributed by atoms with van der Waals surface area (Å²) in [6.45, 7) is 9.11. The second-order valence-electron chi connectivity index (χ2n) is 7.62. The third kappa shape index (κ3) is 7.53. The molecular weight excluding hydrogens is 322 g/mol. The smallest absolute Gasteiger partial charge is 0.221 e. The van der Waals surface area contributed by atoms with Crippen LogP contribution in [0.5, 0.6) is 0 Å². The highest BCUT2D eigenvalue weighted by Gasteiger charge is 2.41. The average Bonchev–Trinajstić information content (AvgIpc) is 3.03. The lowest BCUT2D eigenvalue weighted by atomic mass is 10.1. The Morgan fingerprint density at radius 2 is 1.77 bits per heavy atom. The molecule has 0 spiro atoms. The largest absolute Gasteiger partial charge is 0.338 e. The van der Waals surface area contributed by atoms with Crippen LogP contribution in [0.25, 0.3) is 0 Å². The lowest BCUT2D eigenvalue weighted by Gasteiger charge is -2.41. The van der Waals surface area contributed by atoms with Crippen molar-refractivity contribution < 1.29 is 9.28 Å². The van der Waals surface area contributed by atoms with E-state index in [0.29, 0.717) is 6.17 Å². The first-order chi connectivity index (χ1) is 12.6. The lowest BCUT2D eigenvalue weighted by Crippen LogP contribution is -2.62. The van der Waals surface area contributed by atoms with Crippen molar-refractivity contribution >= 4 is 5.91 Å². The molecule has 0 saturated carbocycles. The van der Waals surface area contributed by atoms with Crippen molar-refractivity contribution in [1.29, 1.82) is 0 Å².